The molecule has 5 rings (SSSR count). The number of aromatic nitrogens is 3. The van der Waals surface area contributed by atoms with Crippen LogP contribution in [-0.2, 0) is 16.1 Å². The molecule has 11 heteroatoms. The third-order valence-electron chi connectivity index (χ3n) is 8.95. The summed E-state index contributed by atoms with van der Waals surface area (Å²) in [6.45, 7) is 9.80. The first kappa shape index (κ1) is 31.9. The number of rotatable bonds is 6. The lowest BCUT2D eigenvalue weighted by molar-refractivity contribution is -0.141. The van der Waals surface area contributed by atoms with Gasteiger partial charge in [0, 0.05) is 35.2 Å². The highest BCUT2D eigenvalue weighted by atomic mass is 35.5. The molecule has 44 heavy (non-hydrogen) atoms. The Hall–Kier alpha value is -3.53. The van der Waals surface area contributed by atoms with Crippen LogP contribution in [0, 0.1) is 23.5 Å². The zero-order chi connectivity index (χ0) is 31.8. The summed E-state index contributed by atoms with van der Waals surface area (Å²) in [4.78, 5) is 31.4. The van der Waals surface area contributed by atoms with Crippen LogP contribution in [0.5, 0.6) is 0 Å². The first-order chi connectivity index (χ1) is 20.8. The molecule has 4 unspecified atom stereocenters. The molecule has 1 saturated carbocycles. The lowest BCUT2D eigenvalue weighted by Gasteiger charge is -2.43. The van der Waals surface area contributed by atoms with Crippen molar-refractivity contribution in [2.45, 2.75) is 90.6 Å². The predicted molar refractivity (Wildman–Crippen MR) is 164 cm³/mol. The molecule has 1 saturated heterocycles. The van der Waals surface area contributed by atoms with Crippen LogP contribution in [0.15, 0.2) is 48.7 Å². The molecule has 3 aromatic rings. The van der Waals surface area contributed by atoms with E-state index in [2.05, 4.69) is 24.2 Å². The molecule has 1 aliphatic carbocycles. The van der Waals surface area contributed by atoms with Crippen LogP contribution in [0.3, 0.4) is 0 Å². The van der Waals surface area contributed by atoms with Crippen molar-refractivity contribution < 1.29 is 23.1 Å². The maximum Gasteiger partial charge on any atom is 0.411 e. The van der Waals surface area contributed by atoms with E-state index in [0.29, 0.717) is 17.2 Å². The average molecular weight is 628 g/mol. The minimum atomic E-state index is -0.872. The van der Waals surface area contributed by atoms with Gasteiger partial charge in [-0.2, -0.15) is 0 Å². The summed E-state index contributed by atoms with van der Waals surface area (Å²) in [5.41, 5.74) is 0.719. The van der Waals surface area contributed by atoms with E-state index >= 15 is 4.39 Å². The molecule has 0 bridgehead atoms. The summed E-state index contributed by atoms with van der Waals surface area (Å²) in [7, 11) is 0. The van der Waals surface area contributed by atoms with Gasteiger partial charge in [0.25, 0.3) is 0 Å². The molecule has 236 valence electrons. The molecule has 2 fully saturated rings. The van der Waals surface area contributed by atoms with Crippen LogP contribution in [-0.4, -0.2) is 61.0 Å². The molecule has 0 N–H and O–H groups in total. The van der Waals surface area contributed by atoms with E-state index in [1.165, 1.54) is 23.1 Å². The average Bonchev–Trinajstić information content (AvgIpc) is 3.62. The maximum absolute atomic E-state index is 15.1. The standard InChI is InChI=1S/C33H40ClF2N5O3/c1-20-8-6-11-29(21(20)2)39(18-25-26(34)9-7-10-27(25)36)31(42)30-16-24(17-40(30)32(43)44-33(3,4)5)41-19-28(37-38-41)22-12-14-23(35)15-13-22/h7,9-10,12-15,19-21,24,29-30H,6,8,11,16-18H2,1-5H3/t20?,21?,24?,29?,30-/m0/s1. The van der Waals surface area contributed by atoms with Crippen molar-refractivity contribution in [3.63, 3.8) is 0 Å². The molecule has 1 aliphatic heterocycles. The molecular formula is C33H40ClF2N5O3. The largest absolute Gasteiger partial charge is 0.444 e. The minimum Gasteiger partial charge on any atom is -0.444 e. The van der Waals surface area contributed by atoms with E-state index in [0.717, 1.165) is 19.3 Å². The molecule has 2 heterocycles. The van der Waals surface area contributed by atoms with E-state index < -0.39 is 23.6 Å². The number of halogens is 3. The van der Waals surface area contributed by atoms with Gasteiger partial charge in [-0.3, -0.25) is 9.69 Å². The highest BCUT2D eigenvalue weighted by molar-refractivity contribution is 6.31. The number of likely N-dealkylation sites (tertiary alicyclic amines) is 1. The van der Waals surface area contributed by atoms with Crippen molar-refractivity contribution in [2.75, 3.05) is 6.54 Å². The lowest BCUT2D eigenvalue weighted by atomic mass is 9.77. The Labute approximate surface area is 262 Å². The van der Waals surface area contributed by atoms with Crippen LogP contribution >= 0.6 is 11.6 Å². The number of hydrogen-bond acceptors (Lipinski definition) is 5. The predicted octanol–water partition coefficient (Wildman–Crippen LogP) is 7.28. The van der Waals surface area contributed by atoms with Gasteiger partial charge in [-0.05, 0) is 75.4 Å². The maximum atomic E-state index is 15.1. The first-order valence-corrected chi connectivity index (χ1v) is 15.6. The Morgan fingerprint density at radius 2 is 1.82 bits per heavy atom. The summed E-state index contributed by atoms with van der Waals surface area (Å²) >= 11 is 6.46. The third-order valence-corrected chi connectivity index (χ3v) is 9.31. The highest BCUT2D eigenvalue weighted by Crippen LogP contribution is 2.37. The zero-order valence-electron chi connectivity index (χ0n) is 25.8. The third kappa shape index (κ3) is 6.90. The van der Waals surface area contributed by atoms with Crippen molar-refractivity contribution in [1.82, 2.24) is 24.8 Å². The van der Waals surface area contributed by atoms with Crippen LogP contribution < -0.4 is 0 Å². The SMILES string of the molecule is CC1CCCC(N(Cc2c(F)cccc2Cl)C(=O)[C@@H]2CC(n3cc(-c4ccc(F)cc4)nn3)CN2C(=O)OC(C)(C)C)C1C. The van der Waals surface area contributed by atoms with Gasteiger partial charge in [0.2, 0.25) is 5.91 Å². The van der Waals surface area contributed by atoms with Crippen molar-refractivity contribution in [2.24, 2.45) is 11.8 Å². The van der Waals surface area contributed by atoms with Crippen molar-refractivity contribution in [3.05, 3.63) is 70.9 Å². The fourth-order valence-corrected chi connectivity index (χ4v) is 6.59. The molecule has 2 aromatic carbocycles. The fourth-order valence-electron chi connectivity index (χ4n) is 6.37. The number of nitrogens with zero attached hydrogens (tertiary/aromatic N) is 5. The van der Waals surface area contributed by atoms with Gasteiger partial charge in [0.05, 0.1) is 18.8 Å². The van der Waals surface area contributed by atoms with E-state index in [4.69, 9.17) is 16.3 Å². The van der Waals surface area contributed by atoms with Crippen LogP contribution in [0.2, 0.25) is 5.02 Å². The quantitative estimate of drug-likeness (QED) is 0.287. The minimum absolute atomic E-state index is 0.00652. The molecule has 1 aromatic heterocycles. The zero-order valence-corrected chi connectivity index (χ0v) is 26.6. The van der Waals surface area contributed by atoms with Crippen LogP contribution in [0.1, 0.15) is 71.9 Å². The normalized spacial score (nSPS) is 23.9. The van der Waals surface area contributed by atoms with Crippen molar-refractivity contribution in [1.29, 1.82) is 0 Å². The molecule has 0 radical (unpaired) electrons. The van der Waals surface area contributed by atoms with Gasteiger partial charge in [0.1, 0.15) is 29.0 Å². The molecule has 2 aliphatic rings. The number of hydrogen-bond donors (Lipinski definition) is 0. The molecular weight excluding hydrogens is 588 g/mol. The fraction of sp³-hybridized carbons (Fsp3) is 0.515. The second-order valence-electron chi connectivity index (χ2n) is 13.1. The summed E-state index contributed by atoms with van der Waals surface area (Å²) in [5.74, 6) is -0.565. The Balaban J connectivity index is 1.49. The highest BCUT2D eigenvalue weighted by Gasteiger charge is 2.46. The Kier molecular flexibility index (Phi) is 9.30. The van der Waals surface area contributed by atoms with E-state index in [-0.39, 0.29) is 59.8 Å². The van der Waals surface area contributed by atoms with E-state index in [1.54, 1.807) is 60.8 Å². The van der Waals surface area contributed by atoms with E-state index in [9.17, 15) is 14.0 Å². The Bertz CT molecular complexity index is 1470. The van der Waals surface area contributed by atoms with Gasteiger partial charge in [-0.1, -0.05) is 49.6 Å². The monoisotopic (exact) mass is 627 g/mol. The van der Waals surface area contributed by atoms with Gasteiger partial charge in [-0.25, -0.2) is 18.3 Å². The summed E-state index contributed by atoms with van der Waals surface area (Å²) in [6.07, 6.45) is 4.17. The summed E-state index contributed by atoms with van der Waals surface area (Å²) < 4.78 is 36.0. The van der Waals surface area contributed by atoms with Crippen molar-refractivity contribution in [3.8, 4) is 11.3 Å². The summed E-state index contributed by atoms with van der Waals surface area (Å²) in [6, 6.07) is 9.06. The smallest absolute Gasteiger partial charge is 0.411 e. The Morgan fingerprint density at radius 1 is 1.09 bits per heavy atom. The lowest BCUT2D eigenvalue weighted by Crippen LogP contribution is -2.54. The van der Waals surface area contributed by atoms with E-state index in [1.807, 2.05) is 0 Å². The number of carbonyl (C=O) groups is 2. The molecule has 8 nitrogen and oxygen atoms in total. The summed E-state index contributed by atoms with van der Waals surface area (Å²) in [5, 5.41) is 8.83. The number of ether oxygens (including phenoxy) is 1. The van der Waals surface area contributed by atoms with Crippen LogP contribution in [0.4, 0.5) is 13.6 Å². The van der Waals surface area contributed by atoms with Gasteiger partial charge in [0.15, 0.2) is 0 Å². The molecule has 0 spiro atoms. The van der Waals surface area contributed by atoms with Gasteiger partial charge >= 0.3 is 6.09 Å². The van der Waals surface area contributed by atoms with Gasteiger partial charge < -0.3 is 9.64 Å². The first-order valence-electron chi connectivity index (χ1n) is 15.2. The Morgan fingerprint density at radius 3 is 2.50 bits per heavy atom. The number of carbonyl (C=O) groups excluding carboxylic acids is 2. The van der Waals surface area contributed by atoms with Crippen molar-refractivity contribution >= 4 is 23.6 Å². The van der Waals surface area contributed by atoms with Gasteiger partial charge in [-0.15, -0.1) is 5.10 Å². The van der Waals surface area contributed by atoms with Crippen LogP contribution in [0.25, 0.3) is 11.3 Å². The topological polar surface area (TPSA) is 80.6 Å². The number of benzene rings is 2. The molecule has 5 atom stereocenters. The molecule has 2 amide bonds. The second-order valence-corrected chi connectivity index (χ2v) is 13.5. The number of amides is 2. The second kappa shape index (κ2) is 12.8.